The van der Waals surface area contributed by atoms with Crippen molar-refractivity contribution in [1.82, 2.24) is 15.5 Å². The van der Waals surface area contributed by atoms with E-state index < -0.39 is 0 Å². The molecule has 0 radical (unpaired) electrons. The van der Waals surface area contributed by atoms with Crippen molar-refractivity contribution in [2.45, 2.75) is 20.3 Å². The van der Waals surface area contributed by atoms with Gasteiger partial charge in [0.25, 0.3) is 0 Å². The molecule has 3 aromatic carbocycles. The van der Waals surface area contributed by atoms with Gasteiger partial charge in [0.15, 0.2) is 11.6 Å². The first-order valence-electron chi connectivity index (χ1n) is 15.1. The number of piperazine rings is 1. The number of carbonyl (C=O) groups is 2. The topological polar surface area (TPSA) is 124 Å². The van der Waals surface area contributed by atoms with E-state index in [1.807, 2.05) is 61.5 Å². The molecule has 11 nitrogen and oxygen atoms in total. The Morgan fingerprint density at radius 1 is 0.867 bits per heavy atom. The number of aryl methyl sites for hydroxylation is 1. The molecule has 236 valence electrons. The first-order chi connectivity index (χ1) is 21.8. The number of amides is 1. The number of ketones is 1. The average Bonchev–Trinajstić information content (AvgIpc) is 3.48. The number of Topliss-reactive ketones (excluding diaryl/α,β-unsaturated/α-hetero) is 1. The summed E-state index contributed by atoms with van der Waals surface area (Å²) in [4.78, 5) is 30.3. The van der Waals surface area contributed by atoms with Gasteiger partial charge < -0.3 is 35.2 Å². The molecule has 4 N–H and O–H groups in total. The van der Waals surface area contributed by atoms with E-state index in [-0.39, 0.29) is 18.2 Å². The van der Waals surface area contributed by atoms with Gasteiger partial charge in [-0.3, -0.25) is 14.7 Å². The summed E-state index contributed by atoms with van der Waals surface area (Å²) in [6.45, 7) is 7.19. The molecule has 5 rings (SSSR count). The van der Waals surface area contributed by atoms with E-state index >= 15 is 0 Å². The van der Waals surface area contributed by atoms with Gasteiger partial charge in [0.1, 0.15) is 11.5 Å². The molecule has 1 aromatic heterocycles. The Bertz CT molecular complexity index is 1590. The molecule has 0 bridgehead atoms. The van der Waals surface area contributed by atoms with E-state index in [9.17, 15) is 9.59 Å². The van der Waals surface area contributed by atoms with Crippen LogP contribution in [0, 0.1) is 6.92 Å². The fraction of sp³-hybridized carbons (Fsp3) is 0.324. The highest BCUT2D eigenvalue weighted by atomic mass is 16.5. The third kappa shape index (κ3) is 8.05. The molecule has 0 saturated carbocycles. The molecule has 2 heterocycles. The van der Waals surface area contributed by atoms with E-state index in [0.29, 0.717) is 30.0 Å². The summed E-state index contributed by atoms with van der Waals surface area (Å²) in [5.41, 5.74) is 5.98. The number of carbonyl (C=O) groups excluding carboxylic acids is 2. The molecule has 45 heavy (non-hydrogen) atoms. The van der Waals surface area contributed by atoms with Gasteiger partial charge in [0.05, 0.1) is 37.8 Å². The lowest BCUT2D eigenvalue weighted by molar-refractivity contribution is -0.119. The van der Waals surface area contributed by atoms with Gasteiger partial charge >= 0.3 is 0 Å². The van der Waals surface area contributed by atoms with Crippen LogP contribution in [0.3, 0.4) is 0 Å². The summed E-state index contributed by atoms with van der Waals surface area (Å²) in [5, 5.41) is 16.9. The molecular weight excluding hydrogens is 570 g/mol. The quantitative estimate of drug-likeness (QED) is 0.158. The molecule has 0 atom stereocenters. The number of H-pyrrole nitrogens is 1. The Kier molecular flexibility index (Phi) is 10.1. The van der Waals surface area contributed by atoms with Crippen LogP contribution in [-0.4, -0.2) is 75.4 Å². The fourth-order valence-electron chi connectivity index (χ4n) is 5.38. The Labute approximate surface area is 263 Å². The van der Waals surface area contributed by atoms with E-state index in [0.717, 1.165) is 66.0 Å². The average molecular weight is 612 g/mol. The number of anilines is 5. The van der Waals surface area contributed by atoms with Crippen LogP contribution in [0.25, 0.3) is 0 Å². The lowest BCUT2D eigenvalue weighted by Crippen LogP contribution is -2.46. The number of ether oxygens (including phenoxy) is 2. The van der Waals surface area contributed by atoms with Gasteiger partial charge in [0.2, 0.25) is 5.91 Å². The van der Waals surface area contributed by atoms with Crippen LogP contribution in [0.4, 0.5) is 28.6 Å². The van der Waals surface area contributed by atoms with Gasteiger partial charge in [0, 0.05) is 55.7 Å². The molecule has 1 aliphatic rings. The molecule has 1 fully saturated rings. The maximum absolute atomic E-state index is 12.9. The Balaban J connectivity index is 1.31. The summed E-state index contributed by atoms with van der Waals surface area (Å²) in [6, 6.07) is 21.6. The van der Waals surface area contributed by atoms with Crippen molar-refractivity contribution in [3.05, 3.63) is 83.6 Å². The summed E-state index contributed by atoms with van der Waals surface area (Å²) in [5.74, 6) is 2.04. The zero-order valence-electron chi connectivity index (χ0n) is 26.3. The zero-order valence-corrected chi connectivity index (χ0v) is 26.3. The fourth-order valence-corrected chi connectivity index (χ4v) is 5.38. The predicted molar refractivity (Wildman–Crippen MR) is 179 cm³/mol. The highest BCUT2D eigenvalue weighted by Gasteiger charge is 2.23. The Hall–Kier alpha value is -5.19. The first kappa shape index (κ1) is 31.2. The number of aromatic amines is 1. The first-order valence-corrected chi connectivity index (χ1v) is 15.1. The smallest absolute Gasteiger partial charge is 0.239 e. The lowest BCUT2D eigenvalue weighted by Gasteiger charge is -2.38. The largest absolute Gasteiger partial charge is 0.497 e. The van der Waals surface area contributed by atoms with Gasteiger partial charge in [-0.25, -0.2) is 0 Å². The van der Waals surface area contributed by atoms with E-state index in [4.69, 9.17) is 9.47 Å². The van der Waals surface area contributed by atoms with Crippen molar-refractivity contribution < 1.29 is 19.1 Å². The van der Waals surface area contributed by atoms with Crippen molar-refractivity contribution in [2.24, 2.45) is 0 Å². The lowest BCUT2D eigenvalue weighted by atomic mass is 10.0. The van der Waals surface area contributed by atoms with Gasteiger partial charge in [-0.1, -0.05) is 12.1 Å². The van der Waals surface area contributed by atoms with E-state index in [2.05, 4.69) is 48.1 Å². The minimum atomic E-state index is -0.127. The van der Waals surface area contributed by atoms with Crippen LogP contribution < -0.4 is 35.2 Å². The van der Waals surface area contributed by atoms with Crippen LogP contribution in [0.15, 0.2) is 66.7 Å². The van der Waals surface area contributed by atoms with Gasteiger partial charge in [-0.05, 0) is 74.4 Å². The monoisotopic (exact) mass is 611 g/mol. The minimum Gasteiger partial charge on any atom is -0.497 e. The molecule has 1 saturated heterocycles. The number of nitrogens with one attached hydrogen (secondary N) is 4. The second-order valence-corrected chi connectivity index (χ2v) is 11.0. The van der Waals surface area contributed by atoms with Gasteiger partial charge in [-0.15, -0.1) is 0 Å². The standard InChI is InChI=1S/C34H41N7O4/c1-23-19-33(39-38-23)37-30-21-32(41-17-15-40(16-18-41)26-7-11-28(45-4)12-8-26)31(20-29(30)24(2)42)36-22-34(43)35-14-13-25-5-9-27(44-3)10-6-25/h5-12,19-21,36H,13-18,22H2,1-4H3,(H,35,43)(H2,37,38,39). The SMILES string of the molecule is COc1ccc(CCNC(=O)CNc2cc(C(C)=O)c(Nc3cc(C)[nH]n3)cc2N2CCN(c3ccc(OC)cc3)CC2)cc1. The van der Waals surface area contributed by atoms with Crippen LogP contribution in [-0.2, 0) is 11.2 Å². The second-order valence-electron chi connectivity index (χ2n) is 11.0. The molecule has 0 aliphatic carbocycles. The van der Waals surface area contributed by atoms with Crippen molar-refractivity contribution >= 4 is 40.3 Å². The number of nitrogens with zero attached hydrogens (tertiary/aromatic N) is 3. The summed E-state index contributed by atoms with van der Waals surface area (Å²) >= 11 is 0. The van der Waals surface area contributed by atoms with Crippen molar-refractivity contribution in [2.75, 3.05) is 73.9 Å². The minimum absolute atomic E-state index is 0.0735. The van der Waals surface area contributed by atoms with Crippen LogP contribution >= 0.6 is 0 Å². The van der Waals surface area contributed by atoms with Crippen molar-refractivity contribution in [3.63, 3.8) is 0 Å². The number of methoxy groups -OCH3 is 2. The molecule has 1 amide bonds. The van der Waals surface area contributed by atoms with Crippen LogP contribution in [0.2, 0.25) is 0 Å². The number of hydrogen-bond acceptors (Lipinski definition) is 9. The molecule has 4 aromatic rings. The van der Waals surface area contributed by atoms with E-state index in [1.165, 1.54) is 0 Å². The second kappa shape index (κ2) is 14.5. The van der Waals surface area contributed by atoms with Crippen LogP contribution in [0.5, 0.6) is 11.5 Å². The number of rotatable bonds is 13. The number of hydrogen-bond donors (Lipinski definition) is 4. The van der Waals surface area contributed by atoms with Gasteiger partial charge in [-0.2, -0.15) is 5.10 Å². The van der Waals surface area contributed by atoms with Crippen molar-refractivity contribution in [3.8, 4) is 11.5 Å². The zero-order chi connectivity index (χ0) is 31.8. The predicted octanol–water partition coefficient (Wildman–Crippen LogP) is 4.78. The number of benzene rings is 3. The Morgan fingerprint density at radius 2 is 1.51 bits per heavy atom. The molecule has 1 aliphatic heterocycles. The summed E-state index contributed by atoms with van der Waals surface area (Å²) in [7, 11) is 3.30. The van der Waals surface area contributed by atoms with E-state index in [1.54, 1.807) is 21.1 Å². The molecule has 0 spiro atoms. The highest BCUT2D eigenvalue weighted by Crippen LogP contribution is 2.35. The molecule has 0 unspecified atom stereocenters. The third-order valence-corrected chi connectivity index (χ3v) is 7.88. The van der Waals surface area contributed by atoms with Crippen molar-refractivity contribution in [1.29, 1.82) is 0 Å². The molecule has 11 heteroatoms. The van der Waals surface area contributed by atoms with Crippen LogP contribution in [0.1, 0.15) is 28.5 Å². The Morgan fingerprint density at radius 3 is 2.11 bits per heavy atom. The molecular formula is C34H41N7O4. The highest BCUT2D eigenvalue weighted by molar-refractivity contribution is 6.03. The summed E-state index contributed by atoms with van der Waals surface area (Å²) in [6.07, 6.45) is 0.709. The third-order valence-electron chi connectivity index (χ3n) is 7.88. The maximum Gasteiger partial charge on any atom is 0.239 e. The number of aromatic nitrogens is 2. The summed E-state index contributed by atoms with van der Waals surface area (Å²) < 4.78 is 10.5. The maximum atomic E-state index is 12.9. The normalized spacial score (nSPS) is 12.9.